The predicted octanol–water partition coefficient (Wildman–Crippen LogP) is 5.24. The van der Waals surface area contributed by atoms with Gasteiger partial charge in [0, 0.05) is 11.3 Å². The average molecular weight is 389 g/mol. The maximum absolute atomic E-state index is 12.3. The van der Waals surface area contributed by atoms with Crippen LogP contribution in [0.15, 0.2) is 70.3 Å². The quantitative estimate of drug-likeness (QED) is 0.473. The first kappa shape index (κ1) is 18.3. The van der Waals surface area contributed by atoms with Gasteiger partial charge in [-0.15, -0.1) is 10.2 Å². The van der Waals surface area contributed by atoms with Gasteiger partial charge in [0.15, 0.2) is 0 Å². The van der Waals surface area contributed by atoms with Gasteiger partial charge < -0.3 is 9.73 Å². The van der Waals surface area contributed by atoms with E-state index in [4.69, 9.17) is 4.42 Å². The molecular formula is C22H19N3O2S. The number of rotatable bonds is 5. The Balaban J connectivity index is 1.45. The molecule has 1 heterocycles. The molecule has 0 atom stereocenters. The highest BCUT2D eigenvalue weighted by Crippen LogP contribution is 2.29. The molecule has 0 saturated carbocycles. The number of nitrogens with one attached hydrogen (secondary N) is 1. The maximum Gasteiger partial charge on any atom is 0.277 e. The Labute approximate surface area is 167 Å². The van der Waals surface area contributed by atoms with Crippen LogP contribution in [-0.2, 0) is 4.79 Å². The minimum Gasteiger partial charge on any atom is -0.411 e. The molecule has 0 fully saturated rings. The molecule has 1 N–H and O–H groups in total. The number of nitrogens with zero attached hydrogens (tertiary/aromatic N) is 2. The zero-order chi connectivity index (χ0) is 19.5. The first-order valence-corrected chi connectivity index (χ1v) is 9.90. The van der Waals surface area contributed by atoms with E-state index in [-0.39, 0.29) is 11.7 Å². The second-order valence-electron chi connectivity index (χ2n) is 6.56. The van der Waals surface area contributed by atoms with Crippen molar-refractivity contribution >= 4 is 34.1 Å². The molecule has 1 amide bonds. The summed E-state index contributed by atoms with van der Waals surface area (Å²) in [6, 6.07) is 20.0. The molecule has 6 heteroatoms. The largest absolute Gasteiger partial charge is 0.411 e. The van der Waals surface area contributed by atoms with Crippen LogP contribution < -0.4 is 5.32 Å². The van der Waals surface area contributed by atoms with Crippen molar-refractivity contribution < 1.29 is 9.21 Å². The summed E-state index contributed by atoms with van der Waals surface area (Å²) < 4.78 is 5.78. The Morgan fingerprint density at radius 1 is 1.04 bits per heavy atom. The number of fused-ring (bicyclic) bond motifs is 1. The molecule has 3 aromatic carbocycles. The highest BCUT2D eigenvalue weighted by molar-refractivity contribution is 7.99. The molecule has 140 valence electrons. The number of amides is 1. The molecule has 0 spiro atoms. The Morgan fingerprint density at radius 3 is 2.75 bits per heavy atom. The van der Waals surface area contributed by atoms with Crippen molar-refractivity contribution in [2.24, 2.45) is 0 Å². The highest BCUT2D eigenvalue weighted by atomic mass is 32.2. The number of aromatic nitrogens is 2. The first-order valence-electron chi connectivity index (χ1n) is 8.92. The van der Waals surface area contributed by atoms with Gasteiger partial charge in [0.2, 0.25) is 11.8 Å². The molecule has 4 aromatic rings. The van der Waals surface area contributed by atoms with Gasteiger partial charge in [-0.05, 0) is 47.9 Å². The molecule has 0 saturated heterocycles. The summed E-state index contributed by atoms with van der Waals surface area (Å²) in [6.45, 7) is 3.97. The maximum atomic E-state index is 12.3. The second-order valence-corrected chi connectivity index (χ2v) is 7.48. The third kappa shape index (κ3) is 3.92. The van der Waals surface area contributed by atoms with Crippen molar-refractivity contribution in [2.75, 3.05) is 11.1 Å². The lowest BCUT2D eigenvalue weighted by Gasteiger charge is -2.08. The van der Waals surface area contributed by atoms with E-state index in [0.29, 0.717) is 11.1 Å². The van der Waals surface area contributed by atoms with Crippen LogP contribution in [0.1, 0.15) is 11.1 Å². The number of benzene rings is 3. The van der Waals surface area contributed by atoms with Crippen molar-refractivity contribution in [1.82, 2.24) is 10.2 Å². The lowest BCUT2D eigenvalue weighted by atomic mass is 10.0. The van der Waals surface area contributed by atoms with Crippen molar-refractivity contribution in [3.05, 3.63) is 71.8 Å². The number of carbonyl (C=O) groups is 1. The van der Waals surface area contributed by atoms with E-state index in [9.17, 15) is 4.79 Å². The predicted molar refractivity (Wildman–Crippen MR) is 113 cm³/mol. The third-order valence-electron chi connectivity index (χ3n) is 4.42. The Bertz CT molecular complexity index is 1150. The normalized spacial score (nSPS) is 10.9. The van der Waals surface area contributed by atoms with Crippen molar-refractivity contribution in [2.45, 2.75) is 19.1 Å². The number of thioether (sulfide) groups is 1. The molecule has 0 radical (unpaired) electrons. The first-order chi connectivity index (χ1) is 13.6. The molecule has 0 aliphatic heterocycles. The van der Waals surface area contributed by atoms with Crippen LogP contribution in [0.25, 0.3) is 22.2 Å². The van der Waals surface area contributed by atoms with Crippen LogP contribution in [-0.4, -0.2) is 21.9 Å². The van der Waals surface area contributed by atoms with E-state index in [1.807, 2.05) is 74.5 Å². The zero-order valence-electron chi connectivity index (χ0n) is 15.6. The van der Waals surface area contributed by atoms with E-state index < -0.39 is 0 Å². The van der Waals surface area contributed by atoms with Crippen LogP contribution >= 0.6 is 11.8 Å². The molecular weight excluding hydrogens is 370 g/mol. The summed E-state index contributed by atoms with van der Waals surface area (Å²) in [4.78, 5) is 12.3. The van der Waals surface area contributed by atoms with Crippen LogP contribution in [0.4, 0.5) is 5.69 Å². The Hall–Kier alpha value is -3.12. The summed E-state index contributed by atoms with van der Waals surface area (Å²) in [6.07, 6.45) is 0. The van der Waals surface area contributed by atoms with Gasteiger partial charge in [0.05, 0.1) is 5.75 Å². The molecule has 0 aliphatic rings. The molecule has 5 nitrogen and oxygen atoms in total. The van der Waals surface area contributed by atoms with Crippen molar-refractivity contribution in [3.8, 4) is 11.5 Å². The van der Waals surface area contributed by atoms with Crippen LogP contribution in [0, 0.1) is 13.8 Å². The van der Waals surface area contributed by atoms with Crippen LogP contribution in [0.3, 0.4) is 0 Å². The number of anilines is 1. The standard InChI is InChI=1S/C22H19N3O2S/c1-14-10-11-15(2)19(12-14)23-20(26)13-28-22-25-24-21(27-22)18-9-5-7-16-6-3-4-8-17(16)18/h3-12H,13H2,1-2H3,(H,23,26). The smallest absolute Gasteiger partial charge is 0.277 e. The summed E-state index contributed by atoms with van der Waals surface area (Å²) in [5, 5.41) is 13.7. The topological polar surface area (TPSA) is 68.0 Å². The Kier molecular flexibility index (Phi) is 5.12. The number of hydrogen-bond donors (Lipinski definition) is 1. The lowest BCUT2D eigenvalue weighted by Crippen LogP contribution is -2.14. The minimum absolute atomic E-state index is 0.108. The number of carbonyl (C=O) groups excluding carboxylic acids is 1. The Morgan fingerprint density at radius 2 is 1.86 bits per heavy atom. The summed E-state index contributed by atoms with van der Waals surface area (Å²) in [5.74, 6) is 0.544. The monoisotopic (exact) mass is 389 g/mol. The number of hydrogen-bond acceptors (Lipinski definition) is 5. The molecule has 28 heavy (non-hydrogen) atoms. The van der Waals surface area contributed by atoms with E-state index >= 15 is 0 Å². The third-order valence-corrected chi connectivity index (χ3v) is 5.24. The van der Waals surface area contributed by atoms with E-state index in [1.54, 1.807) is 0 Å². The second kappa shape index (κ2) is 7.86. The molecule has 0 bridgehead atoms. The fourth-order valence-corrected chi connectivity index (χ4v) is 3.54. The molecule has 0 unspecified atom stereocenters. The summed E-state index contributed by atoms with van der Waals surface area (Å²) >= 11 is 1.23. The van der Waals surface area contributed by atoms with Gasteiger partial charge in [-0.3, -0.25) is 4.79 Å². The van der Waals surface area contributed by atoms with Gasteiger partial charge in [-0.1, -0.05) is 60.3 Å². The van der Waals surface area contributed by atoms with Crippen molar-refractivity contribution in [3.63, 3.8) is 0 Å². The summed E-state index contributed by atoms with van der Waals surface area (Å²) in [5.41, 5.74) is 3.84. The van der Waals surface area contributed by atoms with E-state index in [0.717, 1.165) is 33.2 Å². The van der Waals surface area contributed by atoms with Gasteiger partial charge in [-0.2, -0.15) is 0 Å². The van der Waals surface area contributed by atoms with Gasteiger partial charge >= 0.3 is 0 Å². The zero-order valence-corrected chi connectivity index (χ0v) is 16.4. The van der Waals surface area contributed by atoms with Gasteiger partial charge in [0.1, 0.15) is 0 Å². The van der Waals surface area contributed by atoms with E-state index in [2.05, 4.69) is 15.5 Å². The highest BCUT2D eigenvalue weighted by Gasteiger charge is 2.14. The molecule has 4 rings (SSSR count). The SMILES string of the molecule is Cc1ccc(C)c(NC(=O)CSc2nnc(-c3cccc4ccccc34)o2)c1. The average Bonchev–Trinajstić information content (AvgIpc) is 3.18. The van der Waals surface area contributed by atoms with Gasteiger partial charge in [0.25, 0.3) is 5.22 Å². The lowest BCUT2D eigenvalue weighted by molar-refractivity contribution is -0.113. The summed E-state index contributed by atoms with van der Waals surface area (Å²) in [7, 11) is 0. The van der Waals surface area contributed by atoms with Crippen molar-refractivity contribution in [1.29, 1.82) is 0 Å². The number of aryl methyl sites for hydroxylation is 2. The van der Waals surface area contributed by atoms with Crippen LogP contribution in [0.2, 0.25) is 0 Å². The van der Waals surface area contributed by atoms with Gasteiger partial charge in [-0.25, -0.2) is 0 Å². The molecule has 1 aromatic heterocycles. The minimum atomic E-state index is -0.108. The van der Waals surface area contributed by atoms with Crippen LogP contribution in [0.5, 0.6) is 0 Å². The fourth-order valence-electron chi connectivity index (χ4n) is 2.97. The fraction of sp³-hybridized carbons (Fsp3) is 0.136. The van der Waals surface area contributed by atoms with E-state index in [1.165, 1.54) is 11.8 Å². The molecule has 0 aliphatic carbocycles.